The van der Waals surface area contributed by atoms with Crippen molar-refractivity contribution in [2.45, 2.75) is 38.3 Å². The van der Waals surface area contributed by atoms with Crippen LogP contribution in [-0.2, 0) is 9.53 Å². The van der Waals surface area contributed by atoms with Gasteiger partial charge in [0.2, 0.25) is 5.91 Å². The van der Waals surface area contributed by atoms with Gasteiger partial charge in [-0.3, -0.25) is 9.59 Å². The van der Waals surface area contributed by atoms with Crippen molar-refractivity contribution < 1.29 is 19.1 Å². The van der Waals surface area contributed by atoms with Gasteiger partial charge >= 0.3 is 6.09 Å². The molecule has 2 N–H and O–H groups in total. The Balaban J connectivity index is 1.26. The number of aromatic amines is 1. The van der Waals surface area contributed by atoms with E-state index in [2.05, 4.69) is 16.4 Å². The second-order valence-corrected chi connectivity index (χ2v) is 9.06. The Bertz CT molecular complexity index is 1240. The van der Waals surface area contributed by atoms with Gasteiger partial charge in [0.25, 0.3) is 5.91 Å². The smallest absolute Gasteiger partial charge is 0.409 e. The molecule has 0 saturated carbocycles. The molecule has 2 aromatic carbocycles. The molecule has 1 fully saturated rings. The van der Waals surface area contributed by atoms with Crippen LogP contribution in [0.3, 0.4) is 0 Å². The Kier molecular flexibility index (Phi) is 6.44. The summed E-state index contributed by atoms with van der Waals surface area (Å²) in [5, 5.41) is 4.16. The maximum Gasteiger partial charge on any atom is 0.409 e. The highest BCUT2D eigenvalue weighted by Crippen LogP contribution is 2.41. The second-order valence-electron chi connectivity index (χ2n) is 9.06. The van der Waals surface area contributed by atoms with E-state index < -0.39 is 0 Å². The predicted octanol–water partition coefficient (Wildman–Crippen LogP) is 3.84. The minimum atomic E-state index is -0.298. The van der Waals surface area contributed by atoms with Gasteiger partial charge in [-0.25, -0.2) is 4.79 Å². The summed E-state index contributed by atoms with van der Waals surface area (Å²) >= 11 is 0. The van der Waals surface area contributed by atoms with Gasteiger partial charge in [0.1, 0.15) is 0 Å². The number of fused-ring (bicyclic) bond motifs is 2. The first kappa shape index (κ1) is 23.0. The van der Waals surface area contributed by atoms with Crippen LogP contribution in [0.1, 0.15) is 53.7 Å². The summed E-state index contributed by atoms with van der Waals surface area (Å²) in [6.07, 6.45) is 3.27. The van der Waals surface area contributed by atoms with Gasteiger partial charge in [-0.15, -0.1) is 0 Å². The molecule has 1 aromatic heterocycles. The third-order valence-electron chi connectivity index (χ3n) is 6.94. The molecule has 0 unspecified atom stereocenters. The van der Waals surface area contributed by atoms with Crippen molar-refractivity contribution in [2.24, 2.45) is 0 Å². The van der Waals surface area contributed by atoms with E-state index in [1.807, 2.05) is 53.6 Å². The monoisotopic (exact) mass is 474 g/mol. The number of piperidine rings is 1. The topological polar surface area (TPSA) is 94.7 Å². The van der Waals surface area contributed by atoms with Crippen LogP contribution in [0.4, 0.5) is 4.79 Å². The molecule has 35 heavy (non-hydrogen) atoms. The average Bonchev–Trinajstić information content (AvgIpc) is 3.42. The number of carbonyl (C=O) groups is 3. The molecule has 0 aliphatic carbocycles. The molecule has 182 valence electrons. The number of hydrogen-bond donors (Lipinski definition) is 2. The Labute approximate surface area is 204 Å². The largest absolute Gasteiger partial charge is 0.450 e. The quantitative estimate of drug-likeness (QED) is 0.568. The number of nitrogens with zero attached hydrogens (tertiary/aromatic N) is 2. The molecule has 2 aliphatic heterocycles. The number of rotatable bonds is 6. The Morgan fingerprint density at radius 2 is 1.80 bits per heavy atom. The lowest BCUT2D eigenvalue weighted by molar-refractivity contribution is -0.122. The number of aromatic nitrogens is 1. The SMILES string of the molecule is CCOC(=O)N1CCC(NC(=O)CCN2C(=O)c3ccccc3[C@H]2c2c[nH]c3ccccc23)CC1. The third-order valence-corrected chi connectivity index (χ3v) is 6.94. The van der Waals surface area contributed by atoms with Gasteiger partial charge < -0.3 is 24.8 Å². The van der Waals surface area contributed by atoms with Crippen LogP contribution >= 0.6 is 0 Å². The number of nitrogens with one attached hydrogen (secondary N) is 2. The summed E-state index contributed by atoms with van der Waals surface area (Å²) in [6, 6.07) is 15.5. The van der Waals surface area contributed by atoms with E-state index in [1.165, 1.54) is 0 Å². The number of H-pyrrole nitrogens is 1. The first-order chi connectivity index (χ1) is 17.1. The van der Waals surface area contributed by atoms with Crippen molar-refractivity contribution in [1.29, 1.82) is 0 Å². The van der Waals surface area contributed by atoms with Crippen LogP contribution in [-0.4, -0.2) is 65.0 Å². The number of benzene rings is 2. The highest BCUT2D eigenvalue weighted by atomic mass is 16.6. The fraction of sp³-hybridized carbons (Fsp3) is 0.370. The number of para-hydroxylation sites is 1. The van der Waals surface area contributed by atoms with Crippen molar-refractivity contribution >= 4 is 28.8 Å². The first-order valence-corrected chi connectivity index (χ1v) is 12.2. The third kappa shape index (κ3) is 4.48. The zero-order chi connectivity index (χ0) is 24.4. The van der Waals surface area contributed by atoms with Gasteiger partial charge in [0, 0.05) is 60.3 Å². The fourth-order valence-corrected chi connectivity index (χ4v) is 5.20. The van der Waals surface area contributed by atoms with Gasteiger partial charge in [0.15, 0.2) is 0 Å². The van der Waals surface area contributed by atoms with Crippen molar-refractivity contribution in [2.75, 3.05) is 26.2 Å². The maximum absolute atomic E-state index is 13.3. The van der Waals surface area contributed by atoms with Gasteiger partial charge in [-0.05, 0) is 37.5 Å². The van der Waals surface area contributed by atoms with Gasteiger partial charge in [-0.1, -0.05) is 36.4 Å². The number of carbonyl (C=O) groups excluding carboxylic acids is 3. The minimum Gasteiger partial charge on any atom is -0.450 e. The minimum absolute atomic E-state index is 0.0177. The predicted molar refractivity (Wildman–Crippen MR) is 132 cm³/mol. The standard InChI is InChI=1S/C27H30N4O4/c1-2-35-27(34)30-14-11-18(12-15-30)29-24(32)13-16-31-25(20-8-3-4-9-21(20)26(31)33)22-17-28-23-10-6-5-7-19(22)23/h3-10,17-18,25,28H,2,11-16H2,1H3,(H,29,32)/t25-/m0/s1. The molecule has 8 nitrogen and oxygen atoms in total. The highest BCUT2D eigenvalue weighted by molar-refractivity contribution is 6.01. The molecule has 3 amide bonds. The van der Waals surface area contributed by atoms with Gasteiger partial charge in [0.05, 0.1) is 12.6 Å². The number of ether oxygens (including phenoxy) is 1. The molecule has 0 radical (unpaired) electrons. The molecular weight excluding hydrogens is 444 g/mol. The van der Waals surface area contributed by atoms with E-state index in [-0.39, 0.29) is 36.4 Å². The molecule has 5 rings (SSSR count). The molecule has 0 spiro atoms. The zero-order valence-corrected chi connectivity index (χ0v) is 19.8. The summed E-state index contributed by atoms with van der Waals surface area (Å²) in [7, 11) is 0. The molecule has 0 bridgehead atoms. The molecule has 3 aromatic rings. The highest BCUT2D eigenvalue weighted by Gasteiger charge is 2.38. The van der Waals surface area contributed by atoms with Crippen molar-refractivity contribution in [3.8, 4) is 0 Å². The summed E-state index contributed by atoms with van der Waals surface area (Å²) in [5.74, 6) is -0.132. The lowest BCUT2D eigenvalue weighted by atomic mass is 9.97. The van der Waals surface area contributed by atoms with Crippen LogP contribution < -0.4 is 5.32 Å². The Morgan fingerprint density at radius 3 is 2.60 bits per heavy atom. The molecule has 8 heteroatoms. The van der Waals surface area contributed by atoms with Crippen LogP contribution in [0, 0.1) is 0 Å². The zero-order valence-electron chi connectivity index (χ0n) is 19.8. The van der Waals surface area contributed by atoms with Crippen LogP contribution in [0.2, 0.25) is 0 Å². The number of likely N-dealkylation sites (tertiary alicyclic amines) is 1. The van der Waals surface area contributed by atoms with E-state index in [1.54, 1.807) is 11.8 Å². The Hall–Kier alpha value is -3.81. The summed E-state index contributed by atoms with van der Waals surface area (Å²) in [5.41, 5.74) is 3.71. The van der Waals surface area contributed by atoms with E-state index in [9.17, 15) is 14.4 Å². The second kappa shape index (κ2) is 9.82. The number of amides is 3. The van der Waals surface area contributed by atoms with Crippen molar-refractivity contribution in [3.63, 3.8) is 0 Å². The molecule has 2 aliphatic rings. The van der Waals surface area contributed by atoms with E-state index >= 15 is 0 Å². The first-order valence-electron chi connectivity index (χ1n) is 12.2. The normalized spacial score (nSPS) is 18.1. The summed E-state index contributed by atoms with van der Waals surface area (Å²) in [6.45, 7) is 3.59. The van der Waals surface area contributed by atoms with Crippen LogP contribution in [0.5, 0.6) is 0 Å². The number of hydrogen-bond acceptors (Lipinski definition) is 4. The lowest BCUT2D eigenvalue weighted by Gasteiger charge is -2.32. The molecule has 1 atom stereocenters. The maximum atomic E-state index is 13.3. The van der Waals surface area contributed by atoms with Crippen molar-refractivity contribution in [1.82, 2.24) is 20.1 Å². The lowest BCUT2D eigenvalue weighted by Crippen LogP contribution is -2.47. The molecular formula is C27H30N4O4. The van der Waals surface area contributed by atoms with E-state index in [4.69, 9.17) is 4.74 Å². The van der Waals surface area contributed by atoms with Crippen LogP contribution in [0.25, 0.3) is 10.9 Å². The summed E-state index contributed by atoms with van der Waals surface area (Å²) in [4.78, 5) is 44.8. The van der Waals surface area contributed by atoms with Crippen molar-refractivity contribution in [3.05, 3.63) is 71.4 Å². The van der Waals surface area contributed by atoms with E-state index in [0.29, 0.717) is 44.6 Å². The van der Waals surface area contributed by atoms with Gasteiger partial charge in [-0.2, -0.15) is 0 Å². The molecule has 3 heterocycles. The van der Waals surface area contributed by atoms with Crippen LogP contribution in [0.15, 0.2) is 54.7 Å². The fourth-order valence-electron chi connectivity index (χ4n) is 5.20. The van der Waals surface area contributed by atoms with E-state index in [0.717, 1.165) is 22.0 Å². The molecule has 1 saturated heterocycles. The summed E-state index contributed by atoms with van der Waals surface area (Å²) < 4.78 is 5.06. The average molecular weight is 475 g/mol. The Morgan fingerprint density at radius 1 is 1.06 bits per heavy atom.